The largest absolute Gasteiger partial charge is 0.462 e. The van der Waals surface area contributed by atoms with Gasteiger partial charge in [-0.1, -0.05) is 12.1 Å². The van der Waals surface area contributed by atoms with Gasteiger partial charge in [0.25, 0.3) is 0 Å². The molecule has 0 radical (unpaired) electrons. The van der Waals surface area contributed by atoms with Gasteiger partial charge in [-0.15, -0.1) is 0 Å². The van der Waals surface area contributed by atoms with Crippen molar-refractivity contribution in [2.75, 3.05) is 6.61 Å². The van der Waals surface area contributed by atoms with Crippen LogP contribution in [0.15, 0.2) is 53.0 Å². The zero-order valence-electron chi connectivity index (χ0n) is 16.0. The van der Waals surface area contributed by atoms with E-state index in [0.29, 0.717) is 27.6 Å². The van der Waals surface area contributed by atoms with E-state index in [9.17, 15) is 18.8 Å². The highest BCUT2D eigenvalue weighted by atomic mass is 19.1. The maximum atomic E-state index is 13.2. The van der Waals surface area contributed by atoms with Gasteiger partial charge in [-0.05, 0) is 55.3 Å². The fourth-order valence-corrected chi connectivity index (χ4v) is 3.64. The number of esters is 1. The van der Waals surface area contributed by atoms with Gasteiger partial charge < -0.3 is 9.30 Å². The Hall–Kier alpha value is -3.54. The monoisotopic (exact) mass is 391 g/mol. The molecule has 1 aromatic heterocycles. The summed E-state index contributed by atoms with van der Waals surface area (Å²) in [6, 6.07) is 9.26. The molecule has 1 aliphatic heterocycles. The van der Waals surface area contributed by atoms with Crippen LogP contribution in [0.2, 0.25) is 0 Å². The summed E-state index contributed by atoms with van der Waals surface area (Å²) >= 11 is 0. The average Bonchev–Trinajstić information content (AvgIpc) is 2.69. The Labute approximate surface area is 166 Å². The van der Waals surface area contributed by atoms with Crippen LogP contribution in [0.5, 0.6) is 0 Å². The number of aryl methyl sites for hydroxylation is 1. The molecular weight excluding hydrogens is 373 g/mol. The number of Topliss-reactive ketones (excluding diaryl/α,β-unsaturated/α-hetero) is 1. The Kier molecular flexibility index (Phi) is 4.62. The minimum atomic E-state index is -0.688. The van der Waals surface area contributed by atoms with Crippen LogP contribution in [0, 0.1) is 12.7 Å². The maximum absolute atomic E-state index is 13.2. The normalized spacial score (nSPS) is 14.4. The van der Waals surface area contributed by atoms with E-state index >= 15 is 0 Å². The van der Waals surface area contributed by atoms with Crippen molar-refractivity contribution in [1.82, 2.24) is 4.57 Å². The van der Waals surface area contributed by atoms with E-state index in [1.807, 2.05) is 0 Å². The van der Waals surface area contributed by atoms with Crippen molar-refractivity contribution in [3.8, 4) is 0 Å². The molecule has 2 aromatic carbocycles. The van der Waals surface area contributed by atoms with Crippen molar-refractivity contribution in [3.63, 3.8) is 0 Å². The Balaban J connectivity index is 1.94. The number of halogens is 1. The highest BCUT2D eigenvalue weighted by Crippen LogP contribution is 2.29. The summed E-state index contributed by atoms with van der Waals surface area (Å²) in [5.74, 6) is -1.23. The summed E-state index contributed by atoms with van der Waals surface area (Å²) in [7, 11) is 0. The molecule has 6 heteroatoms. The number of ketones is 1. The van der Waals surface area contributed by atoms with Crippen LogP contribution in [-0.2, 0) is 11.3 Å². The van der Waals surface area contributed by atoms with Crippen molar-refractivity contribution in [1.29, 1.82) is 0 Å². The number of nitrogens with zero attached hydrogens (tertiary/aromatic N) is 1. The van der Waals surface area contributed by atoms with Gasteiger partial charge in [0, 0.05) is 22.7 Å². The fourth-order valence-electron chi connectivity index (χ4n) is 3.64. The molecule has 29 heavy (non-hydrogen) atoms. The van der Waals surface area contributed by atoms with Gasteiger partial charge in [0.05, 0.1) is 18.7 Å². The Morgan fingerprint density at radius 3 is 2.62 bits per heavy atom. The van der Waals surface area contributed by atoms with Crippen molar-refractivity contribution < 1.29 is 18.7 Å². The molecule has 0 saturated carbocycles. The van der Waals surface area contributed by atoms with E-state index < -0.39 is 11.4 Å². The van der Waals surface area contributed by atoms with Gasteiger partial charge in [-0.2, -0.15) is 0 Å². The van der Waals surface area contributed by atoms with Crippen LogP contribution >= 0.6 is 0 Å². The smallest absolute Gasteiger partial charge is 0.343 e. The molecule has 1 aliphatic rings. The predicted octanol–water partition coefficient (Wildman–Crippen LogP) is 3.91. The van der Waals surface area contributed by atoms with Crippen LogP contribution < -0.4 is 5.43 Å². The highest BCUT2D eigenvalue weighted by Gasteiger charge is 2.27. The summed E-state index contributed by atoms with van der Waals surface area (Å²) in [6.45, 7) is 3.81. The zero-order valence-corrected chi connectivity index (χ0v) is 16.0. The van der Waals surface area contributed by atoms with E-state index in [-0.39, 0.29) is 30.3 Å². The number of benzene rings is 2. The molecule has 3 aromatic rings. The molecule has 2 heterocycles. The Morgan fingerprint density at radius 2 is 1.93 bits per heavy atom. The number of rotatable bonds is 3. The lowest BCUT2D eigenvalue weighted by atomic mass is 9.92. The second kappa shape index (κ2) is 7.13. The molecule has 0 fully saturated rings. The fraction of sp³-hybridized carbons (Fsp3) is 0.174. The number of hydrogen-bond donors (Lipinski definition) is 0. The quantitative estimate of drug-likeness (QED) is 0.502. The predicted molar refractivity (Wildman–Crippen MR) is 108 cm³/mol. The molecular formula is C23H18FNO4. The van der Waals surface area contributed by atoms with Crippen molar-refractivity contribution >= 4 is 28.7 Å². The first-order valence-electron chi connectivity index (χ1n) is 9.24. The average molecular weight is 391 g/mol. The first-order chi connectivity index (χ1) is 13.9. The second-order valence-corrected chi connectivity index (χ2v) is 6.98. The first-order valence-corrected chi connectivity index (χ1v) is 9.24. The molecule has 146 valence electrons. The summed E-state index contributed by atoms with van der Waals surface area (Å²) in [5.41, 5.74) is 2.32. The van der Waals surface area contributed by atoms with Gasteiger partial charge >= 0.3 is 5.97 Å². The number of ether oxygens (including phenoxy) is 1. The summed E-state index contributed by atoms with van der Waals surface area (Å²) in [6.07, 6.45) is 3.15. The van der Waals surface area contributed by atoms with E-state index in [0.717, 1.165) is 5.56 Å². The van der Waals surface area contributed by atoms with Gasteiger partial charge in [0.1, 0.15) is 11.4 Å². The summed E-state index contributed by atoms with van der Waals surface area (Å²) < 4.78 is 19.9. The number of hydrogen-bond acceptors (Lipinski definition) is 4. The SMILES string of the molecule is CCOC(=O)c1cn2c3c(cc(C)cc3c1=O)C(=O)/C(=C/c1ccc(F)cc1)C2. The molecule has 0 saturated heterocycles. The molecule has 4 rings (SSSR count). The zero-order chi connectivity index (χ0) is 20.7. The van der Waals surface area contributed by atoms with Crippen LogP contribution in [0.4, 0.5) is 4.39 Å². The van der Waals surface area contributed by atoms with E-state index in [1.165, 1.54) is 18.3 Å². The molecule has 0 spiro atoms. The van der Waals surface area contributed by atoms with Gasteiger partial charge in [-0.3, -0.25) is 9.59 Å². The third kappa shape index (κ3) is 3.27. The molecule has 0 unspecified atom stereocenters. The minimum absolute atomic E-state index is 0.0635. The van der Waals surface area contributed by atoms with Crippen molar-refractivity contribution in [2.45, 2.75) is 20.4 Å². The van der Waals surface area contributed by atoms with E-state index in [1.54, 1.807) is 48.8 Å². The third-order valence-corrected chi connectivity index (χ3v) is 4.90. The topological polar surface area (TPSA) is 65.4 Å². The van der Waals surface area contributed by atoms with Crippen LogP contribution in [0.25, 0.3) is 17.0 Å². The standard InChI is InChI=1S/C23H18FNO4/c1-3-29-23(28)19-12-25-11-15(10-14-4-6-16(24)7-5-14)21(26)17-8-13(2)9-18(20(17)25)22(19)27/h4-10,12H,3,11H2,1-2H3/b15-10+. The summed E-state index contributed by atoms with van der Waals surface area (Å²) in [4.78, 5) is 38.3. The van der Waals surface area contributed by atoms with Gasteiger partial charge in [0.15, 0.2) is 5.78 Å². The van der Waals surface area contributed by atoms with Crippen LogP contribution in [-0.4, -0.2) is 22.9 Å². The maximum Gasteiger partial charge on any atom is 0.343 e. The lowest BCUT2D eigenvalue weighted by Gasteiger charge is -2.22. The Bertz CT molecular complexity index is 1250. The summed E-state index contributed by atoms with van der Waals surface area (Å²) in [5, 5.41) is 0.319. The number of carbonyl (C=O) groups excluding carboxylic acids is 2. The molecule has 0 amide bonds. The third-order valence-electron chi connectivity index (χ3n) is 4.90. The lowest BCUT2D eigenvalue weighted by Crippen LogP contribution is -2.26. The minimum Gasteiger partial charge on any atom is -0.462 e. The van der Waals surface area contributed by atoms with Crippen molar-refractivity contribution in [3.05, 3.63) is 86.5 Å². The molecule has 0 atom stereocenters. The molecule has 0 N–H and O–H groups in total. The number of carbonyl (C=O) groups is 2. The molecule has 5 nitrogen and oxygen atoms in total. The number of aromatic nitrogens is 1. The highest BCUT2D eigenvalue weighted by molar-refractivity contribution is 6.19. The number of allylic oxidation sites excluding steroid dienone is 1. The van der Waals surface area contributed by atoms with Gasteiger partial charge in [0.2, 0.25) is 5.43 Å². The van der Waals surface area contributed by atoms with Gasteiger partial charge in [-0.25, -0.2) is 9.18 Å². The van der Waals surface area contributed by atoms with E-state index in [4.69, 9.17) is 4.74 Å². The Morgan fingerprint density at radius 1 is 1.21 bits per heavy atom. The van der Waals surface area contributed by atoms with Crippen molar-refractivity contribution in [2.24, 2.45) is 0 Å². The number of pyridine rings is 1. The molecule has 0 bridgehead atoms. The van der Waals surface area contributed by atoms with Crippen LogP contribution in [0.3, 0.4) is 0 Å². The molecule has 0 aliphatic carbocycles. The van der Waals surface area contributed by atoms with Crippen LogP contribution in [0.1, 0.15) is 38.8 Å². The van der Waals surface area contributed by atoms with E-state index in [2.05, 4.69) is 0 Å². The lowest BCUT2D eigenvalue weighted by molar-refractivity contribution is 0.0524. The first kappa shape index (κ1) is 18.8. The second-order valence-electron chi connectivity index (χ2n) is 6.98.